The summed E-state index contributed by atoms with van der Waals surface area (Å²) in [5, 5.41) is 8.61. The molecule has 1 aromatic rings. The van der Waals surface area contributed by atoms with Crippen LogP contribution in [0.15, 0.2) is 24.3 Å². The molecule has 7 nitrogen and oxygen atoms in total. The molecule has 1 saturated heterocycles. The van der Waals surface area contributed by atoms with E-state index in [2.05, 4.69) is 16.0 Å². The van der Waals surface area contributed by atoms with E-state index in [1.54, 1.807) is 6.92 Å². The van der Waals surface area contributed by atoms with Gasteiger partial charge in [-0.3, -0.25) is 14.5 Å². The van der Waals surface area contributed by atoms with Crippen LogP contribution < -0.4 is 16.0 Å². The average molecular weight is 346 g/mol. The van der Waals surface area contributed by atoms with Gasteiger partial charge in [-0.15, -0.1) is 0 Å². The number of likely N-dealkylation sites (N-methyl/N-ethyl adjacent to an activating group) is 1. The van der Waals surface area contributed by atoms with Gasteiger partial charge in [0.15, 0.2) is 0 Å². The van der Waals surface area contributed by atoms with Crippen molar-refractivity contribution in [3.05, 3.63) is 35.4 Å². The highest BCUT2D eigenvalue weighted by molar-refractivity contribution is 6.09. The number of amides is 4. The van der Waals surface area contributed by atoms with Gasteiger partial charge in [-0.2, -0.15) is 0 Å². The molecule has 0 radical (unpaired) electrons. The summed E-state index contributed by atoms with van der Waals surface area (Å²) in [6.07, 6.45) is 0. The van der Waals surface area contributed by atoms with E-state index in [0.717, 1.165) is 17.0 Å². The van der Waals surface area contributed by atoms with Crippen LogP contribution in [0.3, 0.4) is 0 Å². The Morgan fingerprint density at radius 3 is 2.52 bits per heavy atom. The summed E-state index contributed by atoms with van der Waals surface area (Å²) >= 11 is 0. The number of nitrogens with zero attached hydrogens (tertiary/aromatic N) is 1. The third-order valence-electron chi connectivity index (χ3n) is 4.36. The Bertz CT molecular complexity index is 659. The van der Waals surface area contributed by atoms with Crippen LogP contribution in [0, 0.1) is 6.92 Å². The monoisotopic (exact) mass is 346 g/mol. The first-order valence-electron chi connectivity index (χ1n) is 8.49. The maximum atomic E-state index is 12.7. The van der Waals surface area contributed by atoms with Crippen molar-refractivity contribution in [2.45, 2.75) is 39.3 Å². The van der Waals surface area contributed by atoms with Gasteiger partial charge in [0.2, 0.25) is 5.91 Å². The predicted octanol–water partition coefficient (Wildman–Crippen LogP) is 0.876. The molecule has 0 spiro atoms. The summed E-state index contributed by atoms with van der Waals surface area (Å²) < 4.78 is 0. The number of hydrogen-bond donors (Lipinski definition) is 3. The normalized spacial score (nSPS) is 21.2. The van der Waals surface area contributed by atoms with Crippen LogP contribution in [0.2, 0.25) is 0 Å². The Hall–Kier alpha value is -2.41. The SMILES string of the molecule is CCN[C@H](C)CNC(=O)CN1C(=O)NC(C)(c2ccc(C)cc2)C1=O. The summed E-state index contributed by atoms with van der Waals surface area (Å²) in [5.41, 5.74) is 0.609. The molecule has 25 heavy (non-hydrogen) atoms. The highest BCUT2D eigenvalue weighted by Gasteiger charge is 2.49. The van der Waals surface area contributed by atoms with Crippen molar-refractivity contribution < 1.29 is 14.4 Å². The molecule has 136 valence electrons. The highest BCUT2D eigenvalue weighted by atomic mass is 16.2. The molecule has 4 amide bonds. The lowest BCUT2D eigenvalue weighted by atomic mass is 9.91. The minimum absolute atomic E-state index is 0.120. The Morgan fingerprint density at radius 2 is 1.92 bits per heavy atom. The molecule has 2 rings (SSSR count). The van der Waals surface area contributed by atoms with Gasteiger partial charge in [0.25, 0.3) is 5.91 Å². The highest BCUT2D eigenvalue weighted by Crippen LogP contribution is 2.28. The van der Waals surface area contributed by atoms with Crippen LogP contribution in [-0.4, -0.2) is 48.4 Å². The first kappa shape index (κ1) is 18.9. The number of benzene rings is 1. The molecule has 0 aliphatic carbocycles. The number of carbonyl (C=O) groups is 3. The molecule has 1 aliphatic rings. The van der Waals surface area contributed by atoms with E-state index in [1.807, 2.05) is 45.0 Å². The van der Waals surface area contributed by atoms with E-state index in [9.17, 15) is 14.4 Å². The number of urea groups is 1. The summed E-state index contributed by atoms with van der Waals surface area (Å²) in [5.74, 6) is -0.780. The first-order chi connectivity index (χ1) is 11.8. The molecule has 0 saturated carbocycles. The second kappa shape index (κ2) is 7.65. The summed E-state index contributed by atoms with van der Waals surface area (Å²) in [6.45, 7) is 8.49. The van der Waals surface area contributed by atoms with E-state index >= 15 is 0 Å². The van der Waals surface area contributed by atoms with Gasteiger partial charge in [-0.25, -0.2) is 4.79 Å². The molecule has 0 bridgehead atoms. The number of imide groups is 1. The van der Waals surface area contributed by atoms with Gasteiger partial charge in [-0.05, 0) is 32.9 Å². The van der Waals surface area contributed by atoms with Gasteiger partial charge in [-0.1, -0.05) is 36.8 Å². The van der Waals surface area contributed by atoms with Gasteiger partial charge in [0, 0.05) is 12.6 Å². The summed E-state index contributed by atoms with van der Waals surface area (Å²) in [4.78, 5) is 38.0. The Balaban J connectivity index is 2.03. The van der Waals surface area contributed by atoms with Crippen LogP contribution in [0.5, 0.6) is 0 Å². The van der Waals surface area contributed by atoms with Gasteiger partial charge in [0.1, 0.15) is 12.1 Å². The number of carbonyl (C=O) groups excluding carboxylic acids is 3. The van der Waals surface area contributed by atoms with Crippen molar-refractivity contribution in [3.63, 3.8) is 0 Å². The third-order valence-corrected chi connectivity index (χ3v) is 4.36. The van der Waals surface area contributed by atoms with Crippen LogP contribution in [0.25, 0.3) is 0 Å². The summed E-state index contributed by atoms with van der Waals surface area (Å²) in [6, 6.07) is 6.97. The molecule has 1 heterocycles. The molecule has 2 atom stereocenters. The Labute approximate surface area is 148 Å². The molecule has 0 aromatic heterocycles. The van der Waals surface area contributed by atoms with Crippen LogP contribution in [0.4, 0.5) is 4.79 Å². The predicted molar refractivity (Wildman–Crippen MR) is 94.9 cm³/mol. The van der Waals surface area contributed by atoms with E-state index in [-0.39, 0.29) is 18.5 Å². The minimum Gasteiger partial charge on any atom is -0.353 e. The van der Waals surface area contributed by atoms with Crippen LogP contribution in [-0.2, 0) is 15.1 Å². The molecular formula is C18H26N4O3. The molecule has 1 fully saturated rings. The summed E-state index contributed by atoms with van der Waals surface area (Å²) in [7, 11) is 0. The molecule has 7 heteroatoms. The van der Waals surface area contributed by atoms with Crippen molar-refractivity contribution in [1.29, 1.82) is 0 Å². The topological polar surface area (TPSA) is 90.5 Å². The largest absolute Gasteiger partial charge is 0.353 e. The zero-order chi connectivity index (χ0) is 18.6. The van der Waals surface area contributed by atoms with E-state index in [4.69, 9.17) is 0 Å². The minimum atomic E-state index is -1.15. The number of aryl methyl sites for hydroxylation is 1. The number of rotatable bonds is 7. The standard InChI is InChI=1S/C18H26N4O3/c1-5-19-13(3)10-20-15(23)11-22-16(24)18(4,21-17(22)25)14-8-6-12(2)7-9-14/h6-9,13,19H,5,10-11H2,1-4H3,(H,20,23)(H,21,25)/t13-,18?/m1/s1. The van der Waals surface area contributed by atoms with Crippen molar-refractivity contribution in [2.24, 2.45) is 0 Å². The molecule has 3 N–H and O–H groups in total. The van der Waals surface area contributed by atoms with Gasteiger partial charge >= 0.3 is 6.03 Å². The second-order valence-corrected chi connectivity index (χ2v) is 6.58. The lowest BCUT2D eigenvalue weighted by molar-refractivity contribution is -0.134. The first-order valence-corrected chi connectivity index (χ1v) is 8.49. The fourth-order valence-corrected chi connectivity index (χ4v) is 2.81. The molecule has 1 aromatic carbocycles. The van der Waals surface area contributed by atoms with Crippen molar-refractivity contribution in [1.82, 2.24) is 20.9 Å². The lowest BCUT2D eigenvalue weighted by Crippen LogP contribution is -2.45. The fraction of sp³-hybridized carbons (Fsp3) is 0.500. The van der Waals surface area contributed by atoms with Crippen molar-refractivity contribution in [2.75, 3.05) is 19.6 Å². The maximum Gasteiger partial charge on any atom is 0.325 e. The van der Waals surface area contributed by atoms with Crippen molar-refractivity contribution >= 4 is 17.8 Å². The van der Waals surface area contributed by atoms with Crippen molar-refractivity contribution in [3.8, 4) is 0 Å². The van der Waals surface area contributed by atoms with E-state index in [0.29, 0.717) is 12.1 Å². The van der Waals surface area contributed by atoms with Gasteiger partial charge in [0.05, 0.1) is 0 Å². The number of nitrogens with one attached hydrogen (secondary N) is 3. The average Bonchev–Trinajstić information content (AvgIpc) is 2.78. The van der Waals surface area contributed by atoms with Crippen LogP contribution >= 0.6 is 0 Å². The Kier molecular flexibility index (Phi) is 5.79. The molecule has 1 unspecified atom stereocenters. The number of hydrogen-bond acceptors (Lipinski definition) is 4. The zero-order valence-corrected chi connectivity index (χ0v) is 15.2. The fourth-order valence-electron chi connectivity index (χ4n) is 2.81. The quantitative estimate of drug-likeness (QED) is 0.639. The zero-order valence-electron chi connectivity index (χ0n) is 15.2. The molecular weight excluding hydrogens is 320 g/mol. The lowest BCUT2D eigenvalue weighted by Gasteiger charge is -2.22. The smallest absolute Gasteiger partial charge is 0.325 e. The van der Waals surface area contributed by atoms with E-state index < -0.39 is 17.5 Å². The second-order valence-electron chi connectivity index (χ2n) is 6.58. The Morgan fingerprint density at radius 1 is 1.28 bits per heavy atom. The van der Waals surface area contributed by atoms with Crippen LogP contribution in [0.1, 0.15) is 31.9 Å². The third kappa shape index (κ3) is 4.17. The maximum absolute atomic E-state index is 12.7. The molecule has 1 aliphatic heterocycles. The van der Waals surface area contributed by atoms with E-state index in [1.165, 1.54) is 0 Å². The van der Waals surface area contributed by atoms with Gasteiger partial charge < -0.3 is 16.0 Å².